The average molecular weight is 342 g/mol. The Bertz CT molecular complexity index is 709. The highest BCUT2D eigenvalue weighted by atomic mass is 35.5. The summed E-state index contributed by atoms with van der Waals surface area (Å²) in [5.41, 5.74) is 2.90. The molecule has 24 heavy (non-hydrogen) atoms. The lowest BCUT2D eigenvalue weighted by molar-refractivity contribution is -0.0228. The normalized spacial score (nSPS) is 17.5. The summed E-state index contributed by atoms with van der Waals surface area (Å²) in [6.45, 7) is 5.43. The molecular formula is C20H20ClNO2. The summed E-state index contributed by atoms with van der Waals surface area (Å²) in [5, 5.41) is 0.696. The van der Waals surface area contributed by atoms with Crippen LogP contribution in [0.4, 0.5) is 0 Å². The fraction of sp³-hybridized carbons (Fsp3) is 0.250. The van der Waals surface area contributed by atoms with Crippen LogP contribution in [0.15, 0.2) is 61.2 Å². The Hall–Kier alpha value is -2.10. The van der Waals surface area contributed by atoms with Gasteiger partial charge in [-0.1, -0.05) is 41.9 Å². The van der Waals surface area contributed by atoms with Crippen LogP contribution in [0.3, 0.4) is 0 Å². The van der Waals surface area contributed by atoms with Gasteiger partial charge >= 0.3 is 0 Å². The van der Waals surface area contributed by atoms with Gasteiger partial charge < -0.3 is 9.64 Å². The molecule has 0 saturated carbocycles. The number of carbonyl (C=O) groups is 1. The second kappa shape index (κ2) is 7.65. The van der Waals surface area contributed by atoms with Crippen LogP contribution in [-0.2, 0) is 11.2 Å². The van der Waals surface area contributed by atoms with E-state index < -0.39 is 0 Å². The SMILES string of the molecule is C=CCc1ccc(C(=O)N2CCO[C@@H](c3ccc(Cl)cc3)C2)cc1. The molecule has 1 saturated heterocycles. The molecule has 4 heteroatoms. The van der Waals surface area contributed by atoms with Crippen LogP contribution in [0.25, 0.3) is 0 Å². The molecule has 0 spiro atoms. The monoisotopic (exact) mass is 341 g/mol. The van der Waals surface area contributed by atoms with Crippen molar-refractivity contribution in [1.29, 1.82) is 0 Å². The highest BCUT2D eigenvalue weighted by Gasteiger charge is 2.26. The third-order valence-electron chi connectivity index (χ3n) is 4.18. The molecule has 1 aliphatic heterocycles. The molecule has 0 aliphatic carbocycles. The molecule has 3 rings (SSSR count). The van der Waals surface area contributed by atoms with Crippen molar-refractivity contribution in [2.45, 2.75) is 12.5 Å². The van der Waals surface area contributed by atoms with Crippen LogP contribution >= 0.6 is 11.6 Å². The maximum atomic E-state index is 12.7. The van der Waals surface area contributed by atoms with E-state index in [0.29, 0.717) is 30.3 Å². The summed E-state index contributed by atoms with van der Waals surface area (Å²) in [7, 11) is 0. The number of amides is 1. The van der Waals surface area contributed by atoms with Crippen molar-refractivity contribution >= 4 is 17.5 Å². The maximum absolute atomic E-state index is 12.7. The van der Waals surface area contributed by atoms with Crippen LogP contribution in [0.5, 0.6) is 0 Å². The van der Waals surface area contributed by atoms with Crippen molar-refractivity contribution in [3.8, 4) is 0 Å². The summed E-state index contributed by atoms with van der Waals surface area (Å²) in [6.07, 6.45) is 2.56. The van der Waals surface area contributed by atoms with Crippen molar-refractivity contribution in [3.63, 3.8) is 0 Å². The largest absolute Gasteiger partial charge is 0.370 e. The van der Waals surface area contributed by atoms with E-state index >= 15 is 0 Å². The second-order valence-electron chi connectivity index (χ2n) is 5.85. The van der Waals surface area contributed by atoms with Crippen LogP contribution < -0.4 is 0 Å². The van der Waals surface area contributed by atoms with Gasteiger partial charge in [0.1, 0.15) is 6.10 Å². The molecule has 2 aromatic rings. The van der Waals surface area contributed by atoms with Crippen LogP contribution in [0.2, 0.25) is 5.02 Å². The van der Waals surface area contributed by atoms with E-state index in [1.807, 2.05) is 59.5 Å². The Labute approximate surface area is 147 Å². The first-order valence-corrected chi connectivity index (χ1v) is 8.41. The maximum Gasteiger partial charge on any atom is 0.254 e. The lowest BCUT2D eigenvalue weighted by Gasteiger charge is -2.33. The molecule has 0 radical (unpaired) electrons. The predicted molar refractivity (Wildman–Crippen MR) is 96.4 cm³/mol. The smallest absolute Gasteiger partial charge is 0.254 e. The molecule has 1 aliphatic rings. The van der Waals surface area contributed by atoms with E-state index in [0.717, 1.165) is 17.5 Å². The molecule has 124 valence electrons. The number of rotatable bonds is 4. The highest BCUT2D eigenvalue weighted by molar-refractivity contribution is 6.30. The topological polar surface area (TPSA) is 29.5 Å². The number of hydrogen-bond donors (Lipinski definition) is 0. The number of hydrogen-bond acceptors (Lipinski definition) is 2. The number of nitrogens with zero attached hydrogens (tertiary/aromatic N) is 1. The minimum Gasteiger partial charge on any atom is -0.370 e. The third kappa shape index (κ3) is 3.86. The Balaban J connectivity index is 1.70. The fourth-order valence-electron chi connectivity index (χ4n) is 2.85. The number of benzene rings is 2. The summed E-state index contributed by atoms with van der Waals surface area (Å²) >= 11 is 5.93. The molecule has 0 aromatic heterocycles. The second-order valence-corrected chi connectivity index (χ2v) is 6.29. The van der Waals surface area contributed by atoms with Gasteiger partial charge in [0.15, 0.2) is 0 Å². The minimum absolute atomic E-state index is 0.0439. The third-order valence-corrected chi connectivity index (χ3v) is 4.43. The van der Waals surface area contributed by atoms with Gasteiger partial charge in [0.2, 0.25) is 0 Å². The van der Waals surface area contributed by atoms with Gasteiger partial charge in [0, 0.05) is 17.1 Å². The molecule has 3 nitrogen and oxygen atoms in total. The number of morpholine rings is 1. The van der Waals surface area contributed by atoms with Crippen molar-refractivity contribution in [3.05, 3.63) is 82.9 Å². The highest BCUT2D eigenvalue weighted by Crippen LogP contribution is 2.24. The van der Waals surface area contributed by atoms with Gasteiger partial charge in [0.25, 0.3) is 5.91 Å². The van der Waals surface area contributed by atoms with Gasteiger partial charge in [-0.15, -0.1) is 6.58 Å². The molecule has 0 bridgehead atoms. The van der Waals surface area contributed by atoms with E-state index in [2.05, 4.69) is 6.58 Å². The summed E-state index contributed by atoms with van der Waals surface area (Å²) in [6, 6.07) is 15.3. The summed E-state index contributed by atoms with van der Waals surface area (Å²) in [5.74, 6) is 0.0439. The average Bonchev–Trinajstić information content (AvgIpc) is 2.63. The van der Waals surface area contributed by atoms with Gasteiger partial charge in [-0.2, -0.15) is 0 Å². The standard InChI is InChI=1S/C20H20ClNO2/c1-2-3-15-4-6-17(7-5-15)20(23)22-12-13-24-19(14-22)16-8-10-18(21)11-9-16/h2,4-11,19H,1,3,12-14H2/t19-/m1/s1. The predicted octanol–water partition coefficient (Wildman–Crippen LogP) is 4.28. The van der Waals surface area contributed by atoms with Crippen molar-refractivity contribution in [2.24, 2.45) is 0 Å². The van der Waals surface area contributed by atoms with Crippen LogP contribution in [-0.4, -0.2) is 30.5 Å². The summed E-state index contributed by atoms with van der Waals surface area (Å²) < 4.78 is 5.82. The Kier molecular flexibility index (Phi) is 5.34. The number of allylic oxidation sites excluding steroid dienone is 1. The first-order chi connectivity index (χ1) is 11.7. The zero-order chi connectivity index (χ0) is 16.9. The van der Waals surface area contributed by atoms with E-state index in [4.69, 9.17) is 16.3 Å². The lowest BCUT2D eigenvalue weighted by Crippen LogP contribution is -2.42. The molecule has 2 aromatic carbocycles. The van der Waals surface area contributed by atoms with E-state index in [1.54, 1.807) is 0 Å². The van der Waals surface area contributed by atoms with Crippen molar-refractivity contribution < 1.29 is 9.53 Å². The van der Waals surface area contributed by atoms with E-state index in [1.165, 1.54) is 0 Å². The molecule has 1 amide bonds. The molecule has 0 N–H and O–H groups in total. The van der Waals surface area contributed by atoms with Crippen molar-refractivity contribution in [2.75, 3.05) is 19.7 Å². The molecule has 0 unspecified atom stereocenters. The zero-order valence-electron chi connectivity index (χ0n) is 13.5. The number of carbonyl (C=O) groups excluding carboxylic acids is 1. The Morgan fingerprint density at radius 1 is 1.21 bits per heavy atom. The molecule has 1 fully saturated rings. The molecule has 1 atom stereocenters. The zero-order valence-corrected chi connectivity index (χ0v) is 14.2. The van der Waals surface area contributed by atoms with Gasteiger partial charge in [-0.05, 0) is 41.8 Å². The lowest BCUT2D eigenvalue weighted by atomic mass is 10.1. The van der Waals surface area contributed by atoms with Crippen LogP contribution in [0.1, 0.15) is 27.6 Å². The Morgan fingerprint density at radius 3 is 2.58 bits per heavy atom. The number of ether oxygens (including phenoxy) is 1. The van der Waals surface area contributed by atoms with Gasteiger partial charge in [0.05, 0.1) is 13.2 Å². The van der Waals surface area contributed by atoms with Crippen molar-refractivity contribution in [1.82, 2.24) is 4.90 Å². The first-order valence-electron chi connectivity index (χ1n) is 8.03. The fourth-order valence-corrected chi connectivity index (χ4v) is 2.97. The summed E-state index contributed by atoms with van der Waals surface area (Å²) in [4.78, 5) is 14.6. The minimum atomic E-state index is -0.111. The quantitative estimate of drug-likeness (QED) is 0.777. The molecular weight excluding hydrogens is 322 g/mol. The molecule has 1 heterocycles. The first kappa shape index (κ1) is 16.7. The van der Waals surface area contributed by atoms with Gasteiger partial charge in [-0.3, -0.25) is 4.79 Å². The van der Waals surface area contributed by atoms with E-state index in [9.17, 15) is 4.79 Å². The van der Waals surface area contributed by atoms with Crippen LogP contribution in [0, 0.1) is 0 Å². The Morgan fingerprint density at radius 2 is 1.92 bits per heavy atom. The van der Waals surface area contributed by atoms with E-state index in [-0.39, 0.29) is 12.0 Å². The number of halogens is 1. The van der Waals surface area contributed by atoms with Gasteiger partial charge in [-0.25, -0.2) is 0 Å².